The molecule has 0 aliphatic carbocycles. The zero-order chi connectivity index (χ0) is 41.0. The standard InChI is InChI=1S/C40H63ClN4O10/c1-12-29-40(8)34(45(38(50)55-40)18-14-13-17-42-30-16-15-27(41)21-43-30)24(4)31(46)22(2)20-39(7,51-11)35(25(5)32(47)26(6)36(49)53-29)54-37-33(48)28(44(9)10)19-23(3)52-37/h15-16,21-26,28-29,33-35,37,48H,12-14,17-20H2,1-11H3,(H,42,43)/t22-,23-,24-,25-,26-,28+,29+,33-,34+,35-,37?,39-,40-/m1/s1. The molecule has 4 heterocycles. The molecule has 310 valence electrons. The molecule has 0 spiro atoms. The van der Waals surface area contributed by atoms with Crippen LogP contribution in [0.25, 0.3) is 0 Å². The molecule has 3 aliphatic rings. The molecule has 1 aromatic heterocycles. The summed E-state index contributed by atoms with van der Waals surface area (Å²) in [5, 5.41) is 15.2. The van der Waals surface area contributed by atoms with Gasteiger partial charge in [-0.25, -0.2) is 9.78 Å². The zero-order valence-corrected chi connectivity index (χ0v) is 35.1. The molecule has 2 N–H and O–H groups in total. The summed E-state index contributed by atoms with van der Waals surface area (Å²) >= 11 is 5.96. The van der Waals surface area contributed by atoms with Gasteiger partial charge in [0.2, 0.25) is 0 Å². The minimum atomic E-state index is -1.40. The van der Waals surface area contributed by atoms with Crippen LogP contribution in [0.1, 0.15) is 87.5 Å². The highest BCUT2D eigenvalue weighted by Gasteiger charge is 2.60. The maximum atomic E-state index is 14.6. The van der Waals surface area contributed by atoms with Crippen LogP contribution in [0.3, 0.4) is 0 Å². The number of methoxy groups -OCH3 is 1. The van der Waals surface area contributed by atoms with Crippen LogP contribution in [0.2, 0.25) is 5.02 Å². The average Bonchev–Trinajstić information content (AvgIpc) is 3.40. The number of ketones is 2. The molecule has 1 amide bonds. The molecule has 0 aromatic carbocycles. The molecule has 3 saturated heterocycles. The largest absolute Gasteiger partial charge is 0.458 e. The Morgan fingerprint density at radius 3 is 2.35 bits per heavy atom. The van der Waals surface area contributed by atoms with Crippen molar-refractivity contribution in [1.29, 1.82) is 0 Å². The van der Waals surface area contributed by atoms with Crippen LogP contribution in [0.4, 0.5) is 10.6 Å². The van der Waals surface area contributed by atoms with Crippen LogP contribution in [-0.4, -0.2) is 132 Å². The van der Waals surface area contributed by atoms with E-state index in [9.17, 15) is 24.3 Å². The Balaban J connectivity index is 1.67. The van der Waals surface area contributed by atoms with Crippen molar-refractivity contribution in [3.05, 3.63) is 23.4 Å². The summed E-state index contributed by atoms with van der Waals surface area (Å²) in [6.45, 7) is 14.8. The van der Waals surface area contributed by atoms with Crippen LogP contribution in [-0.2, 0) is 38.1 Å². The number of hydrogen-bond acceptors (Lipinski definition) is 13. The number of anilines is 1. The van der Waals surface area contributed by atoms with E-state index in [4.69, 9.17) is 35.3 Å². The number of nitrogens with zero attached hydrogens (tertiary/aromatic N) is 3. The average molecular weight is 795 g/mol. The highest BCUT2D eigenvalue weighted by Crippen LogP contribution is 2.43. The molecule has 4 rings (SSSR count). The summed E-state index contributed by atoms with van der Waals surface area (Å²) in [4.78, 5) is 64.2. The first-order valence-electron chi connectivity index (χ1n) is 19.6. The van der Waals surface area contributed by atoms with E-state index in [0.29, 0.717) is 43.2 Å². The number of halogens is 1. The number of pyridine rings is 1. The van der Waals surface area contributed by atoms with Gasteiger partial charge in [0.15, 0.2) is 17.7 Å². The van der Waals surface area contributed by atoms with Gasteiger partial charge in [-0.15, -0.1) is 0 Å². The number of esters is 1. The number of aliphatic hydroxyl groups is 1. The van der Waals surface area contributed by atoms with Crippen molar-refractivity contribution in [2.24, 2.45) is 23.7 Å². The topological polar surface area (TPSA) is 166 Å². The Bertz CT molecular complexity index is 1500. The monoisotopic (exact) mass is 794 g/mol. The molecule has 14 nitrogen and oxygen atoms in total. The minimum absolute atomic E-state index is 0.128. The Kier molecular flexibility index (Phi) is 15.1. The second-order valence-corrected chi connectivity index (χ2v) is 16.8. The van der Waals surface area contributed by atoms with Crippen LogP contribution in [0.5, 0.6) is 0 Å². The number of Topliss-reactive ketones (excluding diaryl/α,β-unsaturated/α-hetero) is 2. The maximum Gasteiger partial charge on any atom is 0.410 e. The zero-order valence-electron chi connectivity index (χ0n) is 34.4. The Morgan fingerprint density at radius 2 is 1.75 bits per heavy atom. The molecule has 1 aromatic rings. The number of cyclic esters (lactones) is 1. The quantitative estimate of drug-likeness (QED) is 0.172. The molecule has 0 saturated carbocycles. The molecule has 1 unspecified atom stereocenters. The third-order valence-corrected chi connectivity index (χ3v) is 12.2. The fraction of sp³-hybridized carbons (Fsp3) is 0.775. The van der Waals surface area contributed by atoms with Crippen LogP contribution in [0.15, 0.2) is 18.3 Å². The molecule has 3 aliphatic heterocycles. The van der Waals surface area contributed by atoms with Crippen molar-refractivity contribution in [3.63, 3.8) is 0 Å². The molecule has 15 heteroatoms. The van der Waals surface area contributed by atoms with Crippen LogP contribution in [0, 0.1) is 23.7 Å². The Morgan fingerprint density at radius 1 is 1.05 bits per heavy atom. The number of fused-ring (bicyclic) bond motifs is 1. The van der Waals surface area contributed by atoms with Crippen molar-refractivity contribution >= 4 is 41.0 Å². The predicted octanol–water partition coefficient (Wildman–Crippen LogP) is 5.13. The minimum Gasteiger partial charge on any atom is -0.458 e. The first-order valence-corrected chi connectivity index (χ1v) is 20.0. The number of carbonyl (C=O) groups is 4. The van der Waals surface area contributed by atoms with Gasteiger partial charge in [-0.1, -0.05) is 39.3 Å². The number of likely N-dealkylation sites (N-methyl/N-ethyl adjacent to an activating group) is 1. The SMILES string of the molecule is CC[C@@H]1OC(=O)[C@H](C)C(=O)[C@@H](C)[C@@H](OC2O[C@H](C)C[C@H](N(C)C)[C@H]2O)[C@](C)(OC)C[C@@H](C)C(=O)[C@@H](C)[C@@H]2N(CCCCNc3ccc(Cl)cn3)C(=O)O[C@]12C. The summed E-state index contributed by atoms with van der Waals surface area (Å²) in [6, 6.07) is 2.46. The van der Waals surface area contributed by atoms with Crippen molar-refractivity contribution in [3.8, 4) is 0 Å². The van der Waals surface area contributed by atoms with Crippen LogP contribution < -0.4 is 5.32 Å². The number of rotatable bonds is 11. The number of hydrogen-bond donors (Lipinski definition) is 2. The summed E-state index contributed by atoms with van der Waals surface area (Å²) in [7, 11) is 5.23. The normalized spacial score (nSPS) is 38.0. The maximum absolute atomic E-state index is 14.6. The van der Waals surface area contributed by atoms with E-state index in [2.05, 4.69) is 10.3 Å². The van der Waals surface area contributed by atoms with Crippen molar-refractivity contribution in [2.75, 3.05) is 39.6 Å². The molecule has 0 radical (unpaired) electrons. The lowest BCUT2D eigenvalue weighted by Gasteiger charge is -2.47. The highest BCUT2D eigenvalue weighted by atomic mass is 35.5. The number of amides is 1. The Hall–Kier alpha value is -2.88. The van der Waals surface area contributed by atoms with Crippen molar-refractivity contribution in [2.45, 2.75) is 141 Å². The fourth-order valence-electron chi connectivity index (χ4n) is 8.81. The van der Waals surface area contributed by atoms with Gasteiger partial charge < -0.3 is 43.9 Å². The van der Waals surface area contributed by atoms with E-state index in [1.54, 1.807) is 57.8 Å². The Labute approximate surface area is 331 Å². The molecular weight excluding hydrogens is 732 g/mol. The summed E-state index contributed by atoms with van der Waals surface area (Å²) in [5.41, 5.74) is -2.66. The molecule has 3 fully saturated rings. The van der Waals surface area contributed by atoms with Gasteiger partial charge in [0, 0.05) is 50.2 Å². The number of carbonyl (C=O) groups excluding carboxylic acids is 4. The smallest absolute Gasteiger partial charge is 0.410 e. The number of aliphatic hydroxyl groups excluding tert-OH is 1. The number of ether oxygens (including phenoxy) is 5. The van der Waals surface area contributed by atoms with Crippen LogP contribution >= 0.6 is 11.6 Å². The van der Waals surface area contributed by atoms with E-state index < -0.39 is 83.4 Å². The fourth-order valence-corrected chi connectivity index (χ4v) is 8.92. The van der Waals surface area contributed by atoms with Gasteiger partial charge in [0.25, 0.3) is 0 Å². The first kappa shape index (κ1) is 44.8. The third-order valence-electron chi connectivity index (χ3n) is 12.0. The third kappa shape index (κ3) is 9.81. The lowest BCUT2D eigenvalue weighted by Crippen LogP contribution is -2.60. The van der Waals surface area contributed by atoms with E-state index >= 15 is 0 Å². The number of aromatic nitrogens is 1. The summed E-state index contributed by atoms with van der Waals surface area (Å²) in [5.74, 6) is -4.28. The van der Waals surface area contributed by atoms with Gasteiger partial charge in [-0.2, -0.15) is 0 Å². The second-order valence-electron chi connectivity index (χ2n) is 16.4. The second kappa shape index (κ2) is 18.6. The molecule has 13 atom stereocenters. The number of nitrogens with one attached hydrogen (secondary N) is 1. The summed E-state index contributed by atoms with van der Waals surface area (Å²) in [6.07, 6.45) is -1.24. The number of unbranched alkanes of at least 4 members (excludes halogenated alkanes) is 1. The van der Waals surface area contributed by atoms with Crippen molar-refractivity contribution < 1.29 is 48.0 Å². The highest BCUT2D eigenvalue weighted by molar-refractivity contribution is 6.30. The van der Waals surface area contributed by atoms with Gasteiger partial charge in [0.1, 0.15) is 29.7 Å². The predicted molar refractivity (Wildman–Crippen MR) is 207 cm³/mol. The van der Waals surface area contributed by atoms with Gasteiger partial charge in [-0.3, -0.25) is 14.4 Å². The lowest BCUT2D eigenvalue weighted by atomic mass is 9.73. The molecule has 55 heavy (non-hydrogen) atoms. The van der Waals surface area contributed by atoms with E-state index in [1.165, 1.54) is 14.0 Å². The van der Waals surface area contributed by atoms with Crippen molar-refractivity contribution in [1.82, 2.24) is 14.8 Å². The van der Waals surface area contributed by atoms with Gasteiger partial charge >= 0.3 is 12.1 Å². The first-order chi connectivity index (χ1) is 25.8. The molecule has 0 bridgehead atoms. The molecular formula is C40H63ClN4O10. The van der Waals surface area contributed by atoms with E-state index in [0.717, 1.165) is 0 Å². The van der Waals surface area contributed by atoms with E-state index in [1.807, 2.05) is 32.8 Å². The van der Waals surface area contributed by atoms with Gasteiger partial charge in [0.05, 0.1) is 28.9 Å². The van der Waals surface area contributed by atoms with E-state index in [-0.39, 0.29) is 30.8 Å². The summed E-state index contributed by atoms with van der Waals surface area (Å²) < 4.78 is 31.1. The lowest BCUT2D eigenvalue weighted by molar-refractivity contribution is -0.295. The van der Waals surface area contributed by atoms with Gasteiger partial charge in [-0.05, 0) is 86.0 Å².